The Labute approximate surface area is 220 Å². The molecule has 3 N–H and O–H groups in total. The highest BCUT2D eigenvalue weighted by Crippen LogP contribution is 2.42. The molecule has 39 heavy (non-hydrogen) atoms. The summed E-state index contributed by atoms with van der Waals surface area (Å²) >= 11 is 0. The van der Waals surface area contributed by atoms with Gasteiger partial charge in [0.1, 0.15) is 18.5 Å². The monoisotopic (exact) mass is 556 g/mol. The fourth-order valence-corrected chi connectivity index (χ4v) is 5.66. The van der Waals surface area contributed by atoms with E-state index in [2.05, 4.69) is 20.7 Å². The smallest absolute Gasteiger partial charge is 0.356 e. The summed E-state index contributed by atoms with van der Waals surface area (Å²) in [6.45, 7) is -0.969. The molecule has 0 radical (unpaired) electrons. The van der Waals surface area contributed by atoms with Gasteiger partial charge in [-0.25, -0.2) is 4.39 Å². The number of ketones is 1. The third-order valence-corrected chi connectivity index (χ3v) is 7.50. The molecule has 212 valence electrons. The summed E-state index contributed by atoms with van der Waals surface area (Å²) in [5.41, 5.74) is -0.221. The van der Waals surface area contributed by atoms with E-state index in [1.165, 1.54) is 18.2 Å². The number of hydrogen-bond acceptors (Lipinski definition) is 6. The number of amides is 4. The van der Waals surface area contributed by atoms with E-state index in [9.17, 15) is 41.5 Å². The van der Waals surface area contributed by atoms with Crippen molar-refractivity contribution in [2.75, 3.05) is 25.0 Å². The van der Waals surface area contributed by atoms with E-state index in [-0.39, 0.29) is 30.5 Å². The normalized spacial score (nSPS) is 25.1. The summed E-state index contributed by atoms with van der Waals surface area (Å²) in [6.07, 6.45) is -2.98. The van der Waals surface area contributed by atoms with Crippen molar-refractivity contribution in [3.8, 4) is 0 Å². The highest BCUT2D eigenvalue weighted by molar-refractivity contribution is 6.40. The molecule has 5 atom stereocenters. The molecule has 4 amide bonds. The Hall–Kier alpha value is -3.55. The van der Waals surface area contributed by atoms with Gasteiger partial charge in [0, 0.05) is 19.0 Å². The number of anilines is 1. The summed E-state index contributed by atoms with van der Waals surface area (Å²) in [6, 6.07) is 2.57. The number of carbonyl (C=O) groups is 5. The third kappa shape index (κ3) is 6.72. The lowest BCUT2D eigenvalue weighted by molar-refractivity contribution is -0.321. The molecule has 1 aromatic rings. The van der Waals surface area contributed by atoms with Crippen molar-refractivity contribution in [1.82, 2.24) is 15.5 Å². The molecule has 0 bridgehead atoms. The standard InChI is InChI=1S/C25H28F4N4O6/c26-16-6-1-2-7-17(16)31-23(37)24(38)33-11-14-4-3-5-15(14)20(33)22(36)32-18(10-13-8-9-30-21(13)35)19(34)12-39-25(27,28)29/h1-2,6-7,13-15,18,20H,3-5,8-12H2,(H,30,35)(H,31,37)(H,32,36)/t13-,14?,15?,18?,20-/m0/s1. The molecule has 3 fully saturated rings. The van der Waals surface area contributed by atoms with Crippen LogP contribution in [0.15, 0.2) is 24.3 Å². The Morgan fingerprint density at radius 3 is 2.54 bits per heavy atom. The number of ether oxygens (including phenoxy) is 1. The fourth-order valence-electron chi connectivity index (χ4n) is 5.66. The predicted molar refractivity (Wildman–Crippen MR) is 126 cm³/mol. The summed E-state index contributed by atoms with van der Waals surface area (Å²) in [4.78, 5) is 65.1. The van der Waals surface area contributed by atoms with Crippen LogP contribution in [0.5, 0.6) is 0 Å². The zero-order valence-corrected chi connectivity index (χ0v) is 20.8. The van der Waals surface area contributed by atoms with E-state index in [0.717, 1.165) is 17.4 Å². The van der Waals surface area contributed by atoms with Crippen molar-refractivity contribution in [1.29, 1.82) is 0 Å². The summed E-state index contributed by atoms with van der Waals surface area (Å²) in [5.74, 6) is -6.45. The van der Waals surface area contributed by atoms with Crippen molar-refractivity contribution in [2.24, 2.45) is 17.8 Å². The Balaban J connectivity index is 1.51. The maximum atomic E-state index is 14.0. The number of halogens is 4. The van der Waals surface area contributed by atoms with Gasteiger partial charge in [-0.05, 0) is 49.7 Å². The van der Waals surface area contributed by atoms with E-state index >= 15 is 0 Å². The highest BCUT2D eigenvalue weighted by atomic mass is 19.4. The molecule has 0 aromatic heterocycles. The number of hydrogen-bond donors (Lipinski definition) is 3. The van der Waals surface area contributed by atoms with Crippen LogP contribution in [0.2, 0.25) is 0 Å². The van der Waals surface area contributed by atoms with E-state index in [1.807, 2.05) is 0 Å². The summed E-state index contributed by atoms with van der Waals surface area (Å²) < 4.78 is 55.3. The lowest BCUT2D eigenvalue weighted by Gasteiger charge is -2.29. The van der Waals surface area contributed by atoms with Crippen LogP contribution in [0.3, 0.4) is 0 Å². The zero-order chi connectivity index (χ0) is 28.3. The van der Waals surface area contributed by atoms with Gasteiger partial charge >= 0.3 is 18.2 Å². The molecule has 10 nitrogen and oxygen atoms in total. The second kappa shape index (κ2) is 11.7. The van der Waals surface area contributed by atoms with Crippen LogP contribution < -0.4 is 16.0 Å². The molecule has 0 spiro atoms. The SMILES string of the molecule is O=C(Nc1ccccc1F)C(=O)N1CC2CCCC2[C@H]1C(=O)NC(C[C@@H]1CCNC1=O)C(=O)COC(F)(F)F. The van der Waals surface area contributed by atoms with Crippen molar-refractivity contribution >= 4 is 35.1 Å². The minimum Gasteiger partial charge on any atom is -0.356 e. The highest BCUT2D eigenvalue weighted by Gasteiger charge is 2.51. The molecule has 1 aromatic carbocycles. The number of alkyl halides is 3. The Kier molecular flexibility index (Phi) is 8.52. The minimum atomic E-state index is -5.08. The van der Waals surface area contributed by atoms with E-state index in [0.29, 0.717) is 25.8 Å². The molecule has 2 heterocycles. The number of rotatable bonds is 8. The van der Waals surface area contributed by atoms with Crippen LogP contribution >= 0.6 is 0 Å². The lowest BCUT2D eigenvalue weighted by Crippen LogP contribution is -2.55. The quantitative estimate of drug-likeness (QED) is 0.328. The maximum absolute atomic E-state index is 14.0. The fraction of sp³-hybridized carbons (Fsp3) is 0.560. The maximum Gasteiger partial charge on any atom is 0.522 e. The van der Waals surface area contributed by atoms with Gasteiger partial charge in [-0.2, -0.15) is 0 Å². The summed E-state index contributed by atoms with van der Waals surface area (Å²) in [7, 11) is 0. The van der Waals surface area contributed by atoms with Gasteiger partial charge in [0.2, 0.25) is 11.8 Å². The predicted octanol–water partition coefficient (Wildman–Crippen LogP) is 1.51. The first-order valence-electron chi connectivity index (χ1n) is 12.6. The topological polar surface area (TPSA) is 134 Å². The molecule has 4 rings (SSSR count). The van der Waals surface area contributed by atoms with Crippen molar-refractivity contribution < 1.29 is 46.3 Å². The second-order valence-electron chi connectivity index (χ2n) is 9.97. The van der Waals surface area contributed by atoms with Crippen LogP contribution in [0.25, 0.3) is 0 Å². The van der Waals surface area contributed by atoms with Gasteiger partial charge < -0.3 is 20.9 Å². The Morgan fingerprint density at radius 2 is 1.87 bits per heavy atom. The van der Waals surface area contributed by atoms with E-state index in [1.54, 1.807) is 0 Å². The van der Waals surface area contributed by atoms with Gasteiger partial charge in [0.25, 0.3) is 0 Å². The Bertz CT molecular complexity index is 1150. The second-order valence-corrected chi connectivity index (χ2v) is 9.97. The molecule has 1 aliphatic carbocycles. The van der Waals surface area contributed by atoms with Gasteiger partial charge in [-0.3, -0.25) is 28.7 Å². The number of likely N-dealkylation sites (tertiary alicyclic amines) is 1. The summed E-state index contributed by atoms with van der Waals surface area (Å²) in [5, 5.41) is 7.20. The number of para-hydroxylation sites is 1. The number of nitrogens with zero attached hydrogens (tertiary/aromatic N) is 1. The van der Waals surface area contributed by atoms with Crippen LogP contribution in [0.4, 0.5) is 23.2 Å². The van der Waals surface area contributed by atoms with Crippen LogP contribution in [0, 0.1) is 23.6 Å². The first-order valence-corrected chi connectivity index (χ1v) is 12.6. The Morgan fingerprint density at radius 1 is 1.13 bits per heavy atom. The van der Waals surface area contributed by atoms with Crippen LogP contribution in [0.1, 0.15) is 32.1 Å². The third-order valence-electron chi connectivity index (χ3n) is 7.50. The number of fused-ring (bicyclic) bond motifs is 1. The molecule has 3 aliphatic rings. The van der Waals surface area contributed by atoms with Crippen LogP contribution in [-0.4, -0.2) is 72.5 Å². The van der Waals surface area contributed by atoms with Crippen molar-refractivity contribution in [2.45, 2.75) is 50.6 Å². The van der Waals surface area contributed by atoms with E-state index < -0.39 is 66.2 Å². The molecular formula is C25H28F4N4O6. The van der Waals surface area contributed by atoms with Gasteiger partial charge in [-0.15, -0.1) is 13.2 Å². The van der Waals surface area contributed by atoms with E-state index in [4.69, 9.17) is 0 Å². The molecule has 2 aliphatic heterocycles. The largest absolute Gasteiger partial charge is 0.522 e. The number of carbonyl (C=O) groups excluding carboxylic acids is 5. The van der Waals surface area contributed by atoms with Crippen molar-refractivity contribution in [3.63, 3.8) is 0 Å². The van der Waals surface area contributed by atoms with Gasteiger partial charge in [0.05, 0.1) is 11.7 Å². The van der Waals surface area contributed by atoms with Crippen molar-refractivity contribution in [3.05, 3.63) is 30.1 Å². The first-order chi connectivity index (χ1) is 18.4. The minimum absolute atomic E-state index is 0.0765. The molecular weight excluding hydrogens is 528 g/mol. The molecule has 14 heteroatoms. The number of benzene rings is 1. The van der Waals surface area contributed by atoms with Gasteiger partial charge in [-0.1, -0.05) is 18.6 Å². The molecule has 1 saturated carbocycles. The number of nitrogens with one attached hydrogen (secondary N) is 3. The molecule has 3 unspecified atom stereocenters. The average Bonchev–Trinajstić information content (AvgIpc) is 3.58. The molecule has 2 saturated heterocycles. The average molecular weight is 557 g/mol. The zero-order valence-electron chi connectivity index (χ0n) is 20.8. The van der Waals surface area contributed by atoms with Crippen LogP contribution in [-0.2, 0) is 28.7 Å². The first kappa shape index (κ1) is 28.5. The lowest BCUT2D eigenvalue weighted by atomic mass is 9.92. The van der Waals surface area contributed by atoms with Gasteiger partial charge in [0.15, 0.2) is 5.78 Å². The number of Topliss-reactive ketones (excluding diaryl/α,β-unsaturated/α-hetero) is 1.